The second-order valence-electron chi connectivity index (χ2n) is 5.18. The lowest BCUT2D eigenvalue weighted by atomic mass is 10.1. The molecule has 1 saturated heterocycles. The van der Waals surface area contributed by atoms with Crippen LogP contribution in [0, 0.1) is 0 Å². The van der Waals surface area contributed by atoms with Crippen molar-refractivity contribution in [1.29, 1.82) is 0 Å². The SMILES string of the molecule is O=S(=O)(c1cc(CCl)c(Cl)cc1Cl)N1CCCCCCC1. The summed E-state index contributed by atoms with van der Waals surface area (Å²) >= 11 is 17.9. The van der Waals surface area contributed by atoms with Gasteiger partial charge in [-0.25, -0.2) is 8.42 Å². The van der Waals surface area contributed by atoms with E-state index in [0.717, 1.165) is 25.7 Å². The number of nitrogens with zero attached hydrogens (tertiary/aromatic N) is 1. The highest BCUT2D eigenvalue weighted by atomic mass is 35.5. The molecule has 0 bridgehead atoms. The minimum absolute atomic E-state index is 0.102. The Morgan fingerprint density at radius 3 is 2.10 bits per heavy atom. The molecule has 0 aromatic heterocycles. The quantitative estimate of drug-likeness (QED) is 0.724. The van der Waals surface area contributed by atoms with E-state index in [1.54, 1.807) is 0 Å². The highest BCUT2D eigenvalue weighted by Gasteiger charge is 2.27. The molecule has 0 atom stereocenters. The normalized spacial score (nSPS) is 18.2. The highest BCUT2D eigenvalue weighted by Crippen LogP contribution is 2.32. The van der Waals surface area contributed by atoms with Crippen molar-refractivity contribution < 1.29 is 8.42 Å². The van der Waals surface area contributed by atoms with Crippen LogP contribution in [0.5, 0.6) is 0 Å². The molecule has 0 saturated carbocycles. The minimum atomic E-state index is -3.60. The second-order valence-corrected chi connectivity index (χ2v) is 8.17. The van der Waals surface area contributed by atoms with Crippen LogP contribution in [0.3, 0.4) is 0 Å². The molecular formula is C14H18Cl3NO2S. The number of alkyl halides is 1. The lowest BCUT2D eigenvalue weighted by Crippen LogP contribution is -2.34. The van der Waals surface area contributed by atoms with E-state index in [1.165, 1.54) is 22.9 Å². The predicted molar refractivity (Wildman–Crippen MR) is 87.9 cm³/mol. The molecule has 1 aromatic carbocycles. The molecule has 0 amide bonds. The van der Waals surface area contributed by atoms with Crippen molar-refractivity contribution in [3.63, 3.8) is 0 Å². The molecule has 0 aliphatic carbocycles. The van der Waals surface area contributed by atoms with E-state index in [9.17, 15) is 8.42 Å². The summed E-state index contributed by atoms with van der Waals surface area (Å²) < 4.78 is 27.1. The maximum Gasteiger partial charge on any atom is 0.244 e. The molecule has 1 fully saturated rings. The first-order valence-corrected chi connectivity index (χ1v) is 9.74. The fourth-order valence-corrected chi connectivity index (χ4v) is 5.11. The smallest absolute Gasteiger partial charge is 0.207 e. The highest BCUT2D eigenvalue weighted by molar-refractivity contribution is 7.89. The van der Waals surface area contributed by atoms with Crippen LogP contribution in [-0.2, 0) is 15.9 Å². The van der Waals surface area contributed by atoms with Crippen LogP contribution in [0.15, 0.2) is 17.0 Å². The monoisotopic (exact) mass is 369 g/mol. The Morgan fingerprint density at radius 2 is 1.52 bits per heavy atom. The Balaban J connectivity index is 2.38. The number of sulfonamides is 1. The second kappa shape index (κ2) is 7.51. The molecule has 0 spiro atoms. The van der Waals surface area contributed by atoms with Gasteiger partial charge in [0.1, 0.15) is 4.90 Å². The maximum atomic E-state index is 12.8. The minimum Gasteiger partial charge on any atom is -0.207 e. The molecule has 3 nitrogen and oxygen atoms in total. The Morgan fingerprint density at radius 1 is 0.952 bits per heavy atom. The molecule has 1 heterocycles. The van der Waals surface area contributed by atoms with Crippen LogP contribution in [0.4, 0.5) is 0 Å². The first kappa shape index (κ1) is 17.4. The third-order valence-corrected chi connectivity index (χ3v) is 6.68. The summed E-state index contributed by atoms with van der Waals surface area (Å²) in [5.74, 6) is 0.151. The molecule has 0 N–H and O–H groups in total. The third-order valence-electron chi connectivity index (χ3n) is 3.68. The number of rotatable bonds is 3. The van der Waals surface area contributed by atoms with E-state index in [-0.39, 0.29) is 15.8 Å². The Bertz CT molecular complexity index is 596. The van der Waals surface area contributed by atoms with Gasteiger partial charge in [-0.3, -0.25) is 0 Å². The van der Waals surface area contributed by atoms with Crippen molar-refractivity contribution in [1.82, 2.24) is 4.31 Å². The molecular weight excluding hydrogens is 353 g/mol. The van der Waals surface area contributed by atoms with E-state index in [2.05, 4.69) is 0 Å². The van der Waals surface area contributed by atoms with Gasteiger partial charge in [0.25, 0.3) is 0 Å². The van der Waals surface area contributed by atoms with Crippen molar-refractivity contribution in [2.45, 2.75) is 42.9 Å². The van der Waals surface area contributed by atoms with Crippen LogP contribution >= 0.6 is 34.8 Å². The first-order valence-electron chi connectivity index (χ1n) is 7.01. The summed E-state index contributed by atoms with van der Waals surface area (Å²) in [7, 11) is -3.60. The Hall–Kier alpha value is -0.000000000000000132. The molecule has 1 aliphatic rings. The van der Waals surface area contributed by atoms with E-state index in [1.807, 2.05) is 0 Å². The van der Waals surface area contributed by atoms with Gasteiger partial charge in [-0.15, -0.1) is 11.6 Å². The summed E-state index contributed by atoms with van der Waals surface area (Å²) in [5.41, 5.74) is 0.577. The van der Waals surface area contributed by atoms with Gasteiger partial charge in [0.2, 0.25) is 10.0 Å². The molecule has 2 rings (SSSR count). The summed E-state index contributed by atoms with van der Waals surface area (Å²) in [6.07, 6.45) is 5.06. The zero-order valence-electron chi connectivity index (χ0n) is 11.6. The summed E-state index contributed by atoms with van der Waals surface area (Å²) in [6, 6.07) is 2.95. The maximum absolute atomic E-state index is 12.8. The lowest BCUT2D eigenvalue weighted by molar-refractivity contribution is 0.364. The standard InChI is InChI=1S/C14H18Cl3NO2S/c15-10-11-8-14(13(17)9-12(11)16)21(19,20)18-6-4-2-1-3-5-7-18/h8-9H,1-7,10H2. The topological polar surface area (TPSA) is 37.4 Å². The molecule has 0 radical (unpaired) electrons. The third kappa shape index (κ3) is 4.05. The molecule has 1 aromatic rings. The average Bonchev–Trinajstić information content (AvgIpc) is 2.37. The van der Waals surface area contributed by atoms with Crippen molar-refractivity contribution in [3.8, 4) is 0 Å². The van der Waals surface area contributed by atoms with Gasteiger partial charge in [0, 0.05) is 24.0 Å². The summed E-state index contributed by atoms with van der Waals surface area (Å²) in [4.78, 5) is 0.102. The number of hydrogen-bond acceptors (Lipinski definition) is 2. The van der Waals surface area contributed by atoms with Crippen LogP contribution in [0.1, 0.15) is 37.7 Å². The van der Waals surface area contributed by atoms with E-state index < -0.39 is 10.0 Å². The number of hydrogen-bond donors (Lipinski definition) is 0. The Labute approximate surface area is 141 Å². The number of benzene rings is 1. The van der Waals surface area contributed by atoms with E-state index >= 15 is 0 Å². The van der Waals surface area contributed by atoms with E-state index in [0.29, 0.717) is 23.7 Å². The lowest BCUT2D eigenvalue weighted by Gasteiger charge is -2.25. The molecule has 1 aliphatic heterocycles. The van der Waals surface area contributed by atoms with Gasteiger partial charge in [0.05, 0.1) is 5.02 Å². The van der Waals surface area contributed by atoms with Gasteiger partial charge < -0.3 is 0 Å². The van der Waals surface area contributed by atoms with E-state index in [4.69, 9.17) is 34.8 Å². The summed E-state index contributed by atoms with van der Waals surface area (Å²) in [6.45, 7) is 1.08. The fraction of sp³-hybridized carbons (Fsp3) is 0.571. The van der Waals surface area contributed by atoms with Crippen LogP contribution < -0.4 is 0 Å². The zero-order chi connectivity index (χ0) is 15.5. The van der Waals surface area contributed by atoms with Crippen molar-refractivity contribution in [3.05, 3.63) is 27.7 Å². The fourth-order valence-electron chi connectivity index (χ4n) is 2.47. The number of halogens is 3. The molecule has 0 unspecified atom stereocenters. The van der Waals surface area contributed by atoms with Crippen molar-refractivity contribution in [2.24, 2.45) is 0 Å². The van der Waals surface area contributed by atoms with Gasteiger partial charge in [-0.1, -0.05) is 42.5 Å². The molecule has 21 heavy (non-hydrogen) atoms. The predicted octanol–water partition coefficient (Wildman–Crippen LogP) is 4.69. The van der Waals surface area contributed by atoms with Gasteiger partial charge in [-0.2, -0.15) is 4.31 Å². The zero-order valence-corrected chi connectivity index (χ0v) is 14.7. The largest absolute Gasteiger partial charge is 0.244 e. The first-order chi connectivity index (χ1) is 9.96. The molecule has 7 heteroatoms. The van der Waals surface area contributed by atoms with Crippen molar-refractivity contribution >= 4 is 44.8 Å². The summed E-state index contributed by atoms with van der Waals surface area (Å²) in [5, 5.41) is 0.539. The van der Waals surface area contributed by atoms with Crippen LogP contribution in [0.25, 0.3) is 0 Å². The van der Waals surface area contributed by atoms with Gasteiger partial charge >= 0.3 is 0 Å². The molecule has 118 valence electrons. The van der Waals surface area contributed by atoms with Crippen LogP contribution in [0.2, 0.25) is 10.0 Å². The Kier molecular flexibility index (Phi) is 6.21. The van der Waals surface area contributed by atoms with Gasteiger partial charge in [-0.05, 0) is 30.5 Å². The van der Waals surface area contributed by atoms with Crippen LogP contribution in [-0.4, -0.2) is 25.8 Å². The van der Waals surface area contributed by atoms with Gasteiger partial charge in [0.15, 0.2) is 0 Å². The average molecular weight is 371 g/mol. The van der Waals surface area contributed by atoms with Crippen molar-refractivity contribution in [2.75, 3.05) is 13.1 Å².